The molecule has 0 aliphatic carbocycles. The Balaban J connectivity index is 2.25. The van der Waals surface area contributed by atoms with Crippen molar-refractivity contribution in [1.82, 2.24) is 4.90 Å². The van der Waals surface area contributed by atoms with Gasteiger partial charge in [-0.2, -0.15) is 0 Å². The summed E-state index contributed by atoms with van der Waals surface area (Å²) in [6.45, 7) is 2.14. The van der Waals surface area contributed by atoms with E-state index in [0.29, 0.717) is 18.0 Å². The maximum absolute atomic E-state index is 12.6. The Bertz CT molecular complexity index is 866. The van der Waals surface area contributed by atoms with Crippen molar-refractivity contribution in [3.05, 3.63) is 54.1 Å². The summed E-state index contributed by atoms with van der Waals surface area (Å²) in [6.07, 6.45) is 0. The lowest BCUT2D eigenvalue weighted by atomic mass is 10.2. The Labute approximate surface area is 153 Å². The van der Waals surface area contributed by atoms with Gasteiger partial charge in [-0.25, -0.2) is 8.42 Å². The molecule has 0 bridgehead atoms. The predicted octanol–water partition coefficient (Wildman–Crippen LogP) is 1.92. The van der Waals surface area contributed by atoms with Crippen LogP contribution in [0.1, 0.15) is 17.3 Å². The summed E-state index contributed by atoms with van der Waals surface area (Å²) in [4.78, 5) is 14.0. The minimum atomic E-state index is -3.83. The Hall–Kier alpha value is -2.58. The van der Waals surface area contributed by atoms with Crippen molar-refractivity contribution < 1.29 is 17.9 Å². The molecule has 0 saturated heterocycles. The second-order valence-corrected chi connectivity index (χ2v) is 7.55. The molecule has 8 heteroatoms. The standard InChI is InChI=1S/C18H23N3O4S/c1-13(12-19)21(2)18(22)14-5-4-6-17(11-14)26(23,24)20-15-7-9-16(25-3)10-8-15/h4-11,13,20H,12,19H2,1-3H3. The van der Waals surface area contributed by atoms with E-state index >= 15 is 0 Å². The first-order chi connectivity index (χ1) is 12.3. The number of nitrogens with one attached hydrogen (secondary N) is 1. The van der Waals surface area contributed by atoms with E-state index in [1.54, 1.807) is 37.4 Å². The highest BCUT2D eigenvalue weighted by Crippen LogP contribution is 2.20. The monoisotopic (exact) mass is 377 g/mol. The summed E-state index contributed by atoms with van der Waals surface area (Å²) in [5.74, 6) is 0.335. The van der Waals surface area contributed by atoms with E-state index in [1.807, 2.05) is 6.92 Å². The Morgan fingerprint density at radius 1 is 1.23 bits per heavy atom. The number of benzene rings is 2. The van der Waals surface area contributed by atoms with Gasteiger partial charge in [0.25, 0.3) is 15.9 Å². The SMILES string of the molecule is COc1ccc(NS(=O)(=O)c2cccc(C(=O)N(C)C(C)CN)c2)cc1. The van der Waals surface area contributed by atoms with Crippen molar-refractivity contribution in [2.24, 2.45) is 5.73 Å². The molecule has 0 saturated carbocycles. The number of nitrogens with zero attached hydrogens (tertiary/aromatic N) is 1. The van der Waals surface area contributed by atoms with E-state index in [4.69, 9.17) is 10.5 Å². The number of sulfonamides is 1. The number of carbonyl (C=O) groups is 1. The molecule has 7 nitrogen and oxygen atoms in total. The molecular formula is C18H23N3O4S. The van der Waals surface area contributed by atoms with Gasteiger partial charge in [0.2, 0.25) is 0 Å². The van der Waals surface area contributed by atoms with Crippen molar-refractivity contribution in [1.29, 1.82) is 0 Å². The summed E-state index contributed by atoms with van der Waals surface area (Å²) in [7, 11) is -0.659. The van der Waals surface area contributed by atoms with E-state index < -0.39 is 10.0 Å². The molecule has 0 aromatic heterocycles. The van der Waals surface area contributed by atoms with Crippen LogP contribution in [0.25, 0.3) is 0 Å². The smallest absolute Gasteiger partial charge is 0.261 e. The van der Waals surface area contributed by atoms with Crippen LogP contribution < -0.4 is 15.2 Å². The third-order valence-electron chi connectivity index (χ3n) is 4.06. The maximum atomic E-state index is 12.6. The maximum Gasteiger partial charge on any atom is 0.261 e. The number of methoxy groups -OCH3 is 1. The van der Waals surface area contributed by atoms with Gasteiger partial charge >= 0.3 is 0 Å². The lowest BCUT2D eigenvalue weighted by molar-refractivity contribution is 0.0748. The zero-order valence-electron chi connectivity index (χ0n) is 15.0. The van der Waals surface area contributed by atoms with Crippen LogP contribution in [0.4, 0.5) is 5.69 Å². The van der Waals surface area contributed by atoms with Gasteiger partial charge < -0.3 is 15.4 Å². The molecule has 0 spiro atoms. The molecule has 0 heterocycles. The molecule has 0 aliphatic heterocycles. The van der Waals surface area contributed by atoms with Gasteiger partial charge in [0, 0.05) is 30.9 Å². The molecule has 3 N–H and O–H groups in total. The van der Waals surface area contributed by atoms with Gasteiger partial charge in [0.1, 0.15) is 5.75 Å². The minimum Gasteiger partial charge on any atom is -0.497 e. The van der Waals surface area contributed by atoms with E-state index in [1.165, 1.54) is 30.2 Å². The first-order valence-corrected chi connectivity index (χ1v) is 9.51. The summed E-state index contributed by atoms with van der Waals surface area (Å²) in [5, 5.41) is 0. The third-order valence-corrected chi connectivity index (χ3v) is 5.44. The minimum absolute atomic E-state index is 0.00738. The number of anilines is 1. The van der Waals surface area contributed by atoms with Crippen molar-refractivity contribution in [2.75, 3.05) is 25.4 Å². The molecular weight excluding hydrogens is 354 g/mol. The van der Waals surface area contributed by atoms with E-state index in [2.05, 4.69) is 4.72 Å². The largest absolute Gasteiger partial charge is 0.497 e. The molecule has 0 aliphatic rings. The summed E-state index contributed by atoms with van der Waals surface area (Å²) in [6, 6.07) is 12.3. The zero-order valence-corrected chi connectivity index (χ0v) is 15.8. The normalized spacial score (nSPS) is 12.3. The first-order valence-electron chi connectivity index (χ1n) is 8.02. The number of carbonyl (C=O) groups excluding carboxylic acids is 1. The van der Waals surface area contributed by atoms with Crippen molar-refractivity contribution in [3.63, 3.8) is 0 Å². The van der Waals surface area contributed by atoms with Crippen LogP contribution in [0.15, 0.2) is 53.4 Å². The Morgan fingerprint density at radius 3 is 2.46 bits per heavy atom. The lowest BCUT2D eigenvalue weighted by Gasteiger charge is -2.23. The van der Waals surface area contributed by atoms with E-state index in [0.717, 1.165) is 0 Å². The molecule has 1 amide bonds. The van der Waals surface area contributed by atoms with Gasteiger partial charge in [-0.1, -0.05) is 6.07 Å². The van der Waals surface area contributed by atoms with Gasteiger partial charge in [0.05, 0.1) is 12.0 Å². The fourth-order valence-electron chi connectivity index (χ4n) is 2.23. The average molecular weight is 377 g/mol. The van der Waals surface area contributed by atoms with Crippen LogP contribution in [0.2, 0.25) is 0 Å². The van der Waals surface area contributed by atoms with Crippen molar-refractivity contribution in [2.45, 2.75) is 17.9 Å². The predicted molar refractivity (Wildman–Crippen MR) is 101 cm³/mol. The van der Waals surface area contributed by atoms with Crippen LogP contribution in [-0.2, 0) is 10.0 Å². The highest BCUT2D eigenvalue weighted by molar-refractivity contribution is 7.92. The number of hydrogen-bond acceptors (Lipinski definition) is 5. The van der Waals surface area contributed by atoms with Crippen LogP contribution in [-0.4, -0.2) is 46.0 Å². The van der Waals surface area contributed by atoms with Crippen LogP contribution >= 0.6 is 0 Å². The van der Waals surface area contributed by atoms with Gasteiger partial charge in [0.15, 0.2) is 0 Å². The number of likely N-dealkylation sites (N-methyl/N-ethyl adjacent to an activating group) is 1. The second kappa shape index (κ2) is 8.20. The zero-order chi connectivity index (χ0) is 19.3. The summed E-state index contributed by atoms with van der Waals surface area (Å²) in [5.41, 5.74) is 6.27. The number of ether oxygens (including phenoxy) is 1. The molecule has 0 radical (unpaired) electrons. The van der Waals surface area contributed by atoms with Crippen LogP contribution in [0, 0.1) is 0 Å². The molecule has 2 rings (SSSR count). The van der Waals surface area contributed by atoms with Crippen LogP contribution in [0.3, 0.4) is 0 Å². The lowest BCUT2D eigenvalue weighted by Crippen LogP contribution is -2.39. The molecule has 1 unspecified atom stereocenters. The quantitative estimate of drug-likeness (QED) is 0.767. The van der Waals surface area contributed by atoms with Crippen molar-refractivity contribution >= 4 is 21.6 Å². The number of rotatable bonds is 7. The van der Waals surface area contributed by atoms with Gasteiger partial charge in [-0.15, -0.1) is 0 Å². The second-order valence-electron chi connectivity index (χ2n) is 5.86. The molecule has 2 aromatic rings. The van der Waals surface area contributed by atoms with E-state index in [-0.39, 0.29) is 22.4 Å². The average Bonchev–Trinajstić information content (AvgIpc) is 2.66. The Morgan fingerprint density at radius 2 is 1.88 bits per heavy atom. The van der Waals surface area contributed by atoms with Crippen LogP contribution in [0.5, 0.6) is 5.75 Å². The van der Waals surface area contributed by atoms with Crippen molar-refractivity contribution in [3.8, 4) is 5.75 Å². The molecule has 0 fully saturated rings. The number of nitrogens with two attached hydrogens (primary N) is 1. The van der Waals surface area contributed by atoms with Gasteiger partial charge in [-0.05, 0) is 49.4 Å². The number of amides is 1. The topological polar surface area (TPSA) is 102 Å². The third kappa shape index (κ3) is 4.53. The Kier molecular flexibility index (Phi) is 6.23. The fraction of sp³-hybridized carbons (Fsp3) is 0.278. The highest BCUT2D eigenvalue weighted by atomic mass is 32.2. The number of hydrogen-bond donors (Lipinski definition) is 2. The highest BCUT2D eigenvalue weighted by Gasteiger charge is 2.20. The van der Waals surface area contributed by atoms with Gasteiger partial charge in [-0.3, -0.25) is 9.52 Å². The summed E-state index contributed by atoms with van der Waals surface area (Å²) < 4.78 is 32.7. The molecule has 2 aromatic carbocycles. The molecule has 26 heavy (non-hydrogen) atoms. The fourth-order valence-corrected chi connectivity index (χ4v) is 3.34. The summed E-state index contributed by atoms with van der Waals surface area (Å²) >= 11 is 0. The first kappa shape index (κ1) is 19.7. The molecule has 1 atom stereocenters. The molecule has 140 valence electrons. The van der Waals surface area contributed by atoms with E-state index in [9.17, 15) is 13.2 Å².